The molecular formula is C24H20N2O3S. The summed E-state index contributed by atoms with van der Waals surface area (Å²) < 4.78 is 28.8. The zero-order chi connectivity index (χ0) is 21.4. The number of aromatic nitrogens is 2. The number of nitrogens with zero attached hydrogens (tertiary/aromatic N) is 2. The lowest BCUT2D eigenvalue weighted by Gasteiger charge is -2.16. The average molecular weight is 417 g/mol. The molecule has 0 saturated heterocycles. The molecular weight excluding hydrogens is 396 g/mol. The van der Waals surface area contributed by atoms with Crippen molar-refractivity contribution in [3.05, 3.63) is 81.9 Å². The topological polar surface area (TPSA) is 69.0 Å². The molecule has 0 aliphatic heterocycles. The Morgan fingerprint density at radius 3 is 2.07 bits per heavy atom. The summed E-state index contributed by atoms with van der Waals surface area (Å²) in [6, 6.07) is 14.4. The molecule has 0 amide bonds. The van der Waals surface area contributed by atoms with Crippen LogP contribution in [-0.4, -0.2) is 23.4 Å². The summed E-state index contributed by atoms with van der Waals surface area (Å²) in [5.41, 5.74) is 5.89. The van der Waals surface area contributed by atoms with Crippen molar-refractivity contribution in [1.82, 2.24) is 9.19 Å². The molecule has 4 aromatic rings. The number of benzene rings is 3. The molecule has 1 aliphatic rings. The third-order valence-electron chi connectivity index (χ3n) is 6.13. The minimum absolute atomic E-state index is 0.112. The maximum Gasteiger partial charge on any atom is 0.284 e. The van der Waals surface area contributed by atoms with Crippen molar-refractivity contribution in [2.75, 3.05) is 0 Å². The quantitative estimate of drug-likeness (QED) is 0.418. The highest BCUT2D eigenvalue weighted by molar-refractivity contribution is 7.90. The molecule has 0 bridgehead atoms. The van der Waals surface area contributed by atoms with E-state index < -0.39 is 10.0 Å². The first-order chi connectivity index (χ1) is 14.2. The molecule has 3 aromatic carbocycles. The van der Waals surface area contributed by atoms with Gasteiger partial charge in [0, 0.05) is 22.1 Å². The van der Waals surface area contributed by atoms with E-state index >= 15 is 0 Å². The van der Waals surface area contributed by atoms with Crippen LogP contribution in [0.1, 0.15) is 38.2 Å². The van der Waals surface area contributed by atoms with Crippen LogP contribution in [0.5, 0.6) is 0 Å². The minimum atomic E-state index is -3.98. The van der Waals surface area contributed by atoms with Gasteiger partial charge in [-0.25, -0.2) is 0 Å². The van der Waals surface area contributed by atoms with Crippen molar-refractivity contribution in [3.63, 3.8) is 0 Å². The Hall–Kier alpha value is -3.25. The van der Waals surface area contributed by atoms with E-state index in [1.54, 1.807) is 30.3 Å². The van der Waals surface area contributed by atoms with Gasteiger partial charge in [-0.1, -0.05) is 42.5 Å². The van der Waals surface area contributed by atoms with E-state index in [-0.39, 0.29) is 10.7 Å². The molecule has 0 atom stereocenters. The van der Waals surface area contributed by atoms with Gasteiger partial charge in [0.15, 0.2) is 5.78 Å². The van der Waals surface area contributed by atoms with Gasteiger partial charge in [-0.3, -0.25) is 4.79 Å². The van der Waals surface area contributed by atoms with Crippen LogP contribution in [0, 0.1) is 27.7 Å². The van der Waals surface area contributed by atoms with Crippen LogP contribution in [0.4, 0.5) is 0 Å². The Morgan fingerprint density at radius 2 is 1.40 bits per heavy atom. The van der Waals surface area contributed by atoms with Crippen molar-refractivity contribution >= 4 is 26.7 Å². The van der Waals surface area contributed by atoms with E-state index in [1.165, 1.54) is 0 Å². The fourth-order valence-corrected chi connectivity index (χ4v) is 6.26. The highest BCUT2D eigenvalue weighted by Gasteiger charge is 2.33. The largest absolute Gasteiger partial charge is 0.289 e. The number of fused-ring (bicyclic) bond motifs is 2. The molecule has 5 nitrogen and oxygen atoms in total. The lowest BCUT2D eigenvalue weighted by atomic mass is 9.87. The number of aryl methyl sites for hydroxylation is 2. The van der Waals surface area contributed by atoms with Gasteiger partial charge in [-0.2, -0.15) is 17.6 Å². The zero-order valence-electron chi connectivity index (χ0n) is 17.1. The van der Waals surface area contributed by atoms with Crippen molar-refractivity contribution in [2.24, 2.45) is 0 Å². The zero-order valence-corrected chi connectivity index (χ0v) is 18.0. The first-order valence-corrected chi connectivity index (χ1v) is 11.2. The smallest absolute Gasteiger partial charge is 0.284 e. The Labute approximate surface area is 175 Å². The molecule has 150 valence electrons. The van der Waals surface area contributed by atoms with E-state index in [0.29, 0.717) is 44.4 Å². The first-order valence-electron chi connectivity index (χ1n) is 9.72. The number of hydrogen-bond acceptors (Lipinski definition) is 4. The fraction of sp³-hybridized carbons (Fsp3) is 0.167. The summed E-state index contributed by atoms with van der Waals surface area (Å²) in [7, 11) is -3.98. The number of carbonyl (C=O) groups is 1. The van der Waals surface area contributed by atoms with Crippen LogP contribution in [0.25, 0.3) is 22.2 Å². The van der Waals surface area contributed by atoms with E-state index in [2.05, 4.69) is 5.10 Å². The van der Waals surface area contributed by atoms with Gasteiger partial charge >= 0.3 is 0 Å². The second kappa shape index (κ2) is 6.12. The third kappa shape index (κ3) is 2.31. The van der Waals surface area contributed by atoms with Gasteiger partial charge < -0.3 is 0 Å². The molecule has 0 radical (unpaired) electrons. The Kier molecular flexibility index (Phi) is 3.83. The number of hydrogen-bond donors (Lipinski definition) is 0. The highest BCUT2D eigenvalue weighted by atomic mass is 32.2. The lowest BCUT2D eigenvalue weighted by Crippen LogP contribution is -2.18. The standard InChI is InChI=1S/C24H20N2O3S/c1-13-12-14(2)16(4)24(15(13)3)30(28,29)26-20-11-7-10-19-21(20)22(25-26)17-8-5-6-9-18(17)23(19)27/h5-12H,1-4H3. The summed E-state index contributed by atoms with van der Waals surface area (Å²) in [4.78, 5) is 13.3. The number of rotatable bonds is 2. The fourth-order valence-electron chi connectivity index (χ4n) is 4.39. The lowest BCUT2D eigenvalue weighted by molar-refractivity contribution is 0.104. The maximum atomic E-state index is 13.9. The molecule has 1 aliphatic carbocycles. The van der Waals surface area contributed by atoms with Crippen molar-refractivity contribution in [2.45, 2.75) is 32.6 Å². The van der Waals surface area contributed by atoms with Crippen LogP contribution in [-0.2, 0) is 10.0 Å². The molecule has 30 heavy (non-hydrogen) atoms. The molecule has 1 aromatic heterocycles. The molecule has 0 unspecified atom stereocenters. The molecule has 0 saturated carbocycles. The van der Waals surface area contributed by atoms with Gasteiger partial charge in [-0.15, -0.1) is 0 Å². The van der Waals surface area contributed by atoms with Crippen LogP contribution in [0.2, 0.25) is 0 Å². The van der Waals surface area contributed by atoms with Crippen molar-refractivity contribution in [3.8, 4) is 11.3 Å². The van der Waals surface area contributed by atoms with Crippen LogP contribution in [0.15, 0.2) is 53.4 Å². The predicted octanol–water partition coefficient (Wildman–Crippen LogP) is 4.72. The molecule has 1 heterocycles. The summed E-state index contributed by atoms with van der Waals surface area (Å²) in [5.74, 6) is -0.112. The second-order valence-corrected chi connectivity index (χ2v) is 9.56. The monoisotopic (exact) mass is 416 g/mol. The maximum absolute atomic E-state index is 13.9. The molecule has 0 N–H and O–H groups in total. The van der Waals surface area contributed by atoms with Crippen LogP contribution < -0.4 is 0 Å². The van der Waals surface area contributed by atoms with Crippen LogP contribution >= 0.6 is 0 Å². The second-order valence-electron chi connectivity index (χ2n) is 7.86. The Bertz CT molecular complexity index is 1490. The summed E-state index contributed by atoms with van der Waals surface area (Å²) in [5, 5.41) is 5.15. The first kappa shape index (κ1) is 18.8. The van der Waals surface area contributed by atoms with Crippen LogP contribution in [0.3, 0.4) is 0 Å². The summed E-state index contributed by atoms with van der Waals surface area (Å²) in [6.07, 6.45) is 0. The molecule has 6 heteroatoms. The van der Waals surface area contributed by atoms with Gasteiger partial charge in [0.1, 0.15) is 5.69 Å². The van der Waals surface area contributed by atoms with Gasteiger partial charge in [0.25, 0.3) is 10.0 Å². The highest BCUT2D eigenvalue weighted by Crippen LogP contribution is 2.40. The molecule has 0 fully saturated rings. The Morgan fingerprint density at radius 1 is 0.800 bits per heavy atom. The number of carbonyl (C=O) groups excluding carboxylic acids is 1. The number of ketones is 1. The van der Waals surface area contributed by atoms with Gasteiger partial charge in [0.2, 0.25) is 0 Å². The van der Waals surface area contributed by atoms with Crippen molar-refractivity contribution in [1.29, 1.82) is 0 Å². The molecule has 0 spiro atoms. The van der Waals surface area contributed by atoms with E-state index in [1.807, 2.05) is 45.9 Å². The summed E-state index contributed by atoms with van der Waals surface area (Å²) >= 11 is 0. The van der Waals surface area contributed by atoms with Gasteiger partial charge in [0.05, 0.1) is 10.4 Å². The Balaban J connectivity index is 1.90. The normalized spacial score (nSPS) is 13.0. The SMILES string of the molecule is Cc1cc(C)c(C)c(S(=O)(=O)n2nc3c4c(cccc42)C(=O)c2ccccc2-3)c1C. The third-order valence-corrected chi connectivity index (χ3v) is 7.99. The molecule has 5 rings (SSSR count). The van der Waals surface area contributed by atoms with E-state index in [4.69, 9.17) is 0 Å². The van der Waals surface area contributed by atoms with E-state index in [0.717, 1.165) is 15.2 Å². The van der Waals surface area contributed by atoms with Gasteiger partial charge in [-0.05, 0) is 56.0 Å². The van der Waals surface area contributed by atoms with E-state index in [9.17, 15) is 13.2 Å². The van der Waals surface area contributed by atoms with Crippen molar-refractivity contribution < 1.29 is 13.2 Å². The summed E-state index contributed by atoms with van der Waals surface area (Å²) in [6.45, 7) is 7.47. The minimum Gasteiger partial charge on any atom is -0.289 e. The average Bonchev–Trinajstić information content (AvgIpc) is 3.12. The predicted molar refractivity (Wildman–Crippen MR) is 117 cm³/mol.